The minimum atomic E-state index is -0.986. The quantitative estimate of drug-likeness (QED) is 0.748. The van der Waals surface area contributed by atoms with Gasteiger partial charge >= 0.3 is 5.97 Å². The first-order valence-corrected chi connectivity index (χ1v) is 7.53. The van der Waals surface area contributed by atoms with Crippen LogP contribution in [0.25, 0.3) is 22.3 Å². The molecule has 0 radical (unpaired) electrons. The molecule has 116 valence electrons. The van der Waals surface area contributed by atoms with Crippen molar-refractivity contribution in [3.8, 4) is 28.3 Å². The molecular formula is C21H15NO2. The van der Waals surface area contributed by atoms with Gasteiger partial charge in [0.15, 0.2) is 0 Å². The number of hydrogen-bond acceptors (Lipinski definition) is 2. The first kappa shape index (κ1) is 15.5. The number of rotatable bonds is 3. The zero-order chi connectivity index (χ0) is 17.1. The summed E-state index contributed by atoms with van der Waals surface area (Å²) in [5.74, 6) is -0.986. The molecule has 0 aliphatic carbocycles. The van der Waals surface area contributed by atoms with Gasteiger partial charge in [-0.25, -0.2) is 4.79 Å². The molecule has 0 aliphatic heterocycles. The summed E-state index contributed by atoms with van der Waals surface area (Å²) in [5, 5.41) is 18.7. The third-order valence-corrected chi connectivity index (χ3v) is 3.92. The molecule has 3 nitrogen and oxygen atoms in total. The van der Waals surface area contributed by atoms with Crippen molar-refractivity contribution in [2.24, 2.45) is 0 Å². The number of aromatic carboxylic acids is 1. The Labute approximate surface area is 140 Å². The van der Waals surface area contributed by atoms with Crippen LogP contribution in [0, 0.1) is 18.3 Å². The smallest absolute Gasteiger partial charge is 0.335 e. The molecule has 0 aliphatic rings. The van der Waals surface area contributed by atoms with E-state index in [2.05, 4.69) is 6.07 Å². The molecule has 3 heteroatoms. The van der Waals surface area contributed by atoms with Crippen molar-refractivity contribution >= 4 is 5.97 Å². The Kier molecular flexibility index (Phi) is 4.13. The van der Waals surface area contributed by atoms with Crippen molar-refractivity contribution in [2.75, 3.05) is 0 Å². The van der Waals surface area contributed by atoms with Crippen LogP contribution in [-0.2, 0) is 0 Å². The first-order chi connectivity index (χ1) is 11.6. The molecule has 3 aromatic rings. The van der Waals surface area contributed by atoms with Gasteiger partial charge in [0.2, 0.25) is 0 Å². The van der Waals surface area contributed by atoms with Crippen molar-refractivity contribution in [2.45, 2.75) is 6.92 Å². The minimum absolute atomic E-state index is 0.204. The molecular weight excluding hydrogens is 298 g/mol. The lowest BCUT2D eigenvalue weighted by atomic mass is 9.93. The summed E-state index contributed by atoms with van der Waals surface area (Å²) < 4.78 is 0. The highest BCUT2D eigenvalue weighted by Crippen LogP contribution is 2.30. The third-order valence-electron chi connectivity index (χ3n) is 3.92. The van der Waals surface area contributed by atoms with E-state index in [0.717, 1.165) is 27.8 Å². The van der Waals surface area contributed by atoms with E-state index in [0.29, 0.717) is 5.56 Å². The molecule has 0 fully saturated rings. The SMILES string of the molecule is Cc1ccc(-c2cc(C(=O)O)cc(-c3ccccc3C#N)c2)cc1. The molecule has 0 aromatic heterocycles. The average molecular weight is 313 g/mol. The van der Waals surface area contributed by atoms with Gasteiger partial charge in [-0.3, -0.25) is 0 Å². The monoisotopic (exact) mass is 313 g/mol. The summed E-state index contributed by atoms with van der Waals surface area (Å²) >= 11 is 0. The van der Waals surface area contributed by atoms with E-state index in [-0.39, 0.29) is 5.56 Å². The maximum Gasteiger partial charge on any atom is 0.335 e. The fourth-order valence-electron chi connectivity index (χ4n) is 2.65. The Bertz CT molecular complexity index is 950. The molecule has 24 heavy (non-hydrogen) atoms. The van der Waals surface area contributed by atoms with Crippen LogP contribution in [0.5, 0.6) is 0 Å². The minimum Gasteiger partial charge on any atom is -0.478 e. The van der Waals surface area contributed by atoms with Crippen molar-refractivity contribution in [1.29, 1.82) is 5.26 Å². The largest absolute Gasteiger partial charge is 0.478 e. The summed E-state index contributed by atoms with van der Waals surface area (Å²) in [5.41, 5.74) is 5.09. The van der Waals surface area contributed by atoms with E-state index >= 15 is 0 Å². The predicted molar refractivity (Wildman–Crippen MR) is 93.7 cm³/mol. The lowest BCUT2D eigenvalue weighted by Crippen LogP contribution is -1.98. The molecule has 0 saturated heterocycles. The number of hydrogen-bond donors (Lipinski definition) is 1. The van der Waals surface area contributed by atoms with Gasteiger partial charge in [0.25, 0.3) is 0 Å². The van der Waals surface area contributed by atoms with Gasteiger partial charge < -0.3 is 5.11 Å². The number of aryl methyl sites for hydroxylation is 1. The zero-order valence-electron chi connectivity index (χ0n) is 13.2. The van der Waals surface area contributed by atoms with Crippen LogP contribution in [0.2, 0.25) is 0 Å². The normalized spacial score (nSPS) is 10.2. The van der Waals surface area contributed by atoms with Gasteiger partial charge in [0.1, 0.15) is 0 Å². The van der Waals surface area contributed by atoms with Crippen molar-refractivity contribution in [3.63, 3.8) is 0 Å². The maximum absolute atomic E-state index is 11.5. The lowest BCUT2D eigenvalue weighted by Gasteiger charge is -2.10. The van der Waals surface area contributed by atoms with Crippen molar-refractivity contribution < 1.29 is 9.90 Å². The summed E-state index contributed by atoms with van der Waals surface area (Å²) in [6, 6.07) is 22.5. The van der Waals surface area contributed by atoms with E-state index in [1.807, 2.05) is 49.4 Å². The molecule has 0 bridgehead atoms. The van der Waals surface area contributed by atoms with Crippen molar-refractivity contribution in [1.82, 2.24) is 0 Å². The number of carboxylic acids is 1. The summed E-state index contributed by atoms with van der Waals surface area (Å²) in [7, 11) is 0. The molecule has 0 atom stereocenters. The standard InChI is InChI=1S/C21H15NO2/c1-14-6-8-15(9-7-14)17-10-18(12-19(11-17)21(23)24)20-5-3-2-4-16(20)13-22/h2-12H,1H3,(H,23,24). The van der Waals surface area contributed by atoms with Gasteiger partial charge in [-0.15, -0.1) is 0 Å². The fraction of sp³-hybridized carbons (Fsp3) is 0.0476. The van der Waals surface area contributed by atoms with E-state index < -0.39 is 5.97 Å². The highest BCUT2D eigenvalue weighted by molar-refractivity contribution is 5.92. The number of nitrogens with zero attached hydrogens (tertiary/aromatic N) is 1. The summed E-state index contributed by atoms with van der Waals surface area (Å²) in [6.45, 7) is 2.01. The van der Waals surface area contributed by atoms with E-state index in [9.17, 15) is 15.2 Å². The highest BCUT2D eigenvalue weighted by Gasteiger charge is 2.12. The summed E-state index contributed by atoms with van der Waals surface area (Å²) in [6.07, 6.45) is 0. The topological polar surface area (TPSA) is 61.1 Å². The van der Waals surface area contributed by atoms with Crippen LogP contribution in [-0.4, -0.2) is 11.1 Å². The number of benzene rings is 3. The molecule has 0 amide bonds. The molecule has 3 rings (SSSR count). The van der Waals surface area contributed by atoms with E-state index in [4.69, 9.17) is 0 Å². The van der Waals surface area contributed by atoms with Gasteiger partial charge in [-0.2, -0.15) is 5.26 Å². The van der Waals surface area contributed by atoms with Gasteiger partial charge in [-0.05, 0) is 53.4 Å². The van der Waals surface area contributed by atoms with Crippen molar-refractivity contribution in [3.05, 3.63) is 83.4 Å². The van der Waals surface area contributed by atoms with E-state index in [1.165, 1.54) is 0 Å². The number of carboxylic acid groups (broad SMARTS) is 1. The Morgan fingerprint density at radius 2 is 1.58 bits per heavy atom. The van der Waals surface area contributed by atoms with Crippen LogP contribution in [0.3, 0.4) is 0 Å². The Morgan fingerprint density at radius 3 is 2.25 bits per heavy atom. The molecule has 3 aromatic carbocycles. The van der Waals surface area contributed by atoms with Crippen LogP contribution in [0.1, 0.15) is 21.5 Å². The summed E-state index contributed by atoms with van der Waals surface area (Å²) in [4.78, 5) is 11.5. The lowest BCUT2D eigenvalue weighted by molar-refractivity contribution is 0.0697. The molecule has 0 saturated carbocycles. The van der Waals surface area contributed by atoms with Crippen LogP contribution >= 0.6 is 0 Å². The maximum atomic E-state index is 11.5. The third kappa shape index (κ3) is 3.04. The van der Waals surface area contributed by atoms with E-state index in [1.54, 1.807) is 24.3 Å². The number of carbonyl (C=O) groups is 1. The second-order valence-corrected chi connectivity index (χ2v) is 5.63. The Balaban J connectivity index is 2.22. The predicted octanol–water partition coefficient (Wildman–Crippen LogP) is 4.90. The first-order valence-electron chi connectivity index (χ1n) is 7.53. The molecule has 0 heterocycles. The highest BCUT2D eigenvalue weighted by atomic mass is 16.4. The van der Waals surface area contributed by atoms with Gasteiger partial charge in [0.05, 0.1) is 17.2 Å². The fourth-order valence-corrected chi connectivity index (χ4v) is 2.65. The van der Waals surface area contributed by atoms with Gasteiger partial charge in [-0.1, -0.05) is 48.0 Å². The molecule has 0 spiro atoms. The van der Waals surface area contributed by atoms with Crippen LogP contribution in [0.15, 0.2) is 66.7 Å². The second kappa shape index (κ2) is 6.39. The molecule has 1 N–H and O–H groups in total. The van der Waals surface area contributed by atoms with Crippen LogP contribution in [0.4, 0.5) is 0 Å². The average Bonchev–Trinajstić information content (AvgIpc) is 2.61. The van der Waals surface area contributed by atoms with Gasteiger partial charge in [0, 0.05) is 0 Å². The Hall–Kier alpha value is -3.38. The van der Waals surface area contributed by atoms with Crippen LogP contribution < -0.4 is 0 Å². The second-order valence-electron chi connectivity index (χ2n) is 5.63. The zero-order valence-corrected chi connectivity index (χ0v) is 13.2. The Morgan fingerprint density at radius 1 is 0.917 bits per heavy atom. The molecule has 0 unspecified atom stereocenters. The number of nitriles is 1.